The van der Waals surface area contributed by atoms with Crippen molar-refractivity contribution in [3.05, 3.63) is 35.4 Å². The minimum absolute atomic E-state index is 0.591. The Bertz CT molecular complexity index is 429. The fraction of sp³-hybridized carbons (Fsp3) is 0.684. The second-order valence-corrected chi connectivity index (χ2v) is 7.03. The smallest absolute Gasteiger partial charge is 0.0346 e. The first kappa shape index (κ1) is 15.1. The van der Waals surface area contributed by atoms with E-state index in [1.807, 2.05) is 0 Å². The SMILES string of the molecule is CCC(c1ccc(C)cc1)N(CC1CC1)CC1CCCN1. The van der Waals surface area contributed by atoms with Gasteiger partial charge in [0.15, 0.2) is 0 Å². The van der Waals surface area contributed by atoms with Gasteiger partial charge in [0.05, 0.1) is 0 Å². The van der Waals surface area contributed by atoms with Gasteiger partial charge in [-0.25, -0.2) is 0 Å². The molecule has 2 atom stereocenters. The minimum Gasteiger partial charge on any atom is -0.313 e. The van der Waals surface area contributed by atoms with Gasteiger partial charge in [-0.3, -0.25) is 4.90 Å². The number of rotatable bonds is 7. The molecule has 0 spiro atoms. The van der Waals surface area contributed by atoms with Crippen molar-refractivity contribution in [3.63, 3.8) is 0 Å². The summed E-state index contributed by atoms with van der Waals surface area (Å²) in [4.78, 5) is 2.77. The lowest BCUT2D eigenvalue weighted by Crippen LogP contribution is -2.40. The summed E-state index contributed by atoms with van der Waals surface area (Å²) >= 11 is 0. The average molecular weight is 286 g/mol. The predicted octanol–water partition coefficient (Wildman–Crippen LogP) is 3.91. The predicted molar refractivity (Wildman–Crippen MR) is 89.5 cm³/mol. The van der Waals surface area contributed by atoms with Crippen molar-refractivity contribution in [3.8, 4) is 0 Å². The van der Waals surface area contributed by atoms with Crippen LogP contribution in [0.1, 0.15) is 56.2 Å². The van der Waals surface area contributed by atoms with Crippen LogP contribution < -0.4 is 5.32 Å². The lowest BCUT2D eigenvalue weighted by Gasteiger charge is -2.34. The maximum atomic E-state index is 3.68. The Balaban J connectivity index is 1.72. The third kappa shape index (κ3) is 4.08. The van der Waals surface area contributed by atoms with Gasteiger partial charge in [-0.1, -0.05) is 36.8 Å². The van der Waals surface area contributed by atoms with E-state index in [4.69, 9.17) is 0 Å². The molecule has 1 aromatic carbocycles. The van der Waals surface area contributed by atoms with Crippen LogP contribution in [0.25, 0.3) is 0 Å². The largest absolute Gasteiger partial charge is 0.313 e. The molecule has 1 aliphatic heterocycles. The number of nitrogens with one attached hydrogen (secondary N) is 1. The van der Waals surface area contributed by atoms with Crippen LogP contribution in [0, 0.1) is 12.8 Å². The third-order valence-corrected chi connectivity index (χ3v) is 5.10. The highest BCUT2D eigenvalue weighted by atomic mass is 15.2. The van der Waals surface area contributed by atoms with E-state index in [-0.39, 0.29) is 0 Å². The van der Waals surface area contributed by atoms with Crippen LogP contribution in [-0.2, 0) is 0 Å². The Morgan fingerprint density at radius 1 is 1.14 bits per heavy atom. The summed E-state index contributed by atoms with van der Waals surface area (Å²) in [5.74, 6) is 0.964. The highest BCUT2D eigenvalue weighted by Crippen LogP contribution is 2.34. The van der Waals surface area contributed by atoms with Crippen molar-refractivity contribution in [2.75, 3.05) is 19.6 Å². The Kier molecular flexibility index (Phi) is 4.97. The van der Waals surface area contributed by atoms with E-state index in [9.17, 15) is 0 Å². The topological polar surface area (TPSA) is 15.3 Å². The quantitative estimate of drug-likeness (QED) is 0.817. The summed E-state index contributed by atoms with van der Waals surface area (Å²) in [5, 5.41) is 3.68. The Hall–Kier alpha value is -0.860. The average Bonchev–Trinajstić information content (AvgIpc) is 3.15. The van der Waals surface area contributed by atoms with Gasteiger partial charge in [0.1, 0.15) is 0 Å². The van der Waals surface area contributed by atoms with Crippen molar-refractivity contribution < 1.29 is 0 Å². The maximum absolute atomic E-state index is 3.68. The van der Waals surface area contributed by atoms with Gasteiger partial charge in [0.2, 0.25) is 0 Å². The summed E-state index contributed by atoms with van der Waals surface area (Å²) in [5.41, 5.74) is 2.86. The minimum atomic E-state index is 0.591. The van der Waals surface area contributed by atoms with Crippen molar-refractivity contribution in [2.45, 2.75) is 58.0 Å². The molecule has 2 unspecified atom stereocenters. The zero-order valence-electron chi connectivity index (χ0n) is 13.6. The Labute approximate surface area is 129 Å². The molecule has 2 nitrogen and oxygen atoms in total. The monoisotopic (exact) mass is 286 g/mol. The molecule has 1 N–H and O–H groups in total. The van der Waals surface area contributed by atoms with Crippen LogP contribution in [0.2, 0.25) is 0 Å². The van der Waals surface area contributed by atoms with Crippen LogP contribution in [0.5, 0.6) is 0 Å². The molecular formula is C19H30N2. The molecule has 2 aliphatic rings. The molecule has 1 saturated carbocycles. The maximum Gasteiger partial charge on any atom is 0.0346 e. The van der Waals surface area contributed by atoms with Gasteiger partial charge in [0.25, 0.3) is 0 Å². The number of hydrogen-bond acceptors (Lipinski definition) is 2. The fourth-order valence-corrected chi connectivity index (χ4v) is 3.65. The van der Waals surface area contributed by atoms with Gasteiger partial charge >= 0.3 is 0 Å². The van der Waals surface area contributed by atoms with E-state index >= 15 is 0 Å². The number of benzene rings is 1. The van der Waals surface area contributed by atoms with Gasteiger partial charge in [-0.05, 0) is 57.1 Å². The first-order chi connectivity index (χ1) is 10.3. The fourth-order valence-electron chi connectivity index (χ4n) is 3.65. The van der Waals surface area contributed by atoms with Crippen LogP contribution in [0.4, 0.5) is 0 Å². The summed E-state index contributed by atoms with van der Waals surface area (Å²) in [6.45, 7) is 8.25. The Morgan fingerprint density at radius 3 is 2.48 bits per heavy atom. The standard InChI is InChI=1S/C19H30N2/c1-3-19(17-10-6-15(2)7-11-17)21(13-16-8-9-16)14-18-5-4-12-20-18/h6-7,10-11,16,18-20H,3-5,8-9,12-14H2,1-2H3. The highest BCUT2D eigenvalue weighted by Gasteiger charge is 2.30. The van der Waals surface area contributed by atoms with Crippen LogP contribution in [-0.4, -0.2) is 30.6 Å². The number of aryl methyl sites for hydroxylation is 1. The summed E-state index contributed by atoms with van der Waals surface area (Å²) in [6.07, 6.45) is 6.80. The van der Waals surface area contributed by atoms with E-state index in [2.05, 4.69) is 48.3 Å². The van der Waals surface area contributed by atoms with Crippen molar-refractivity contribution in [2.24, 2.45) is 5.92 Å². The van der Waals surface area contributed by atoms with Gasteiger partial charge < -0.3 is 5.32 Å². The van der Waals surface area contributed by atoms with Crippen molar-refractivity contribution >= 4 is 0 Å². The lowest BCUT2D eigenvalue weighted by atomic mass is 10.00. The molecule has 0 aromatic heterocycles. The molecule has 0 radical (unpaired) electrons. The van der Waals surface area contributed by atoms with Crippen molar-refractivity contribution in [1.29, 1.82) is 0 Å². The summed E-state index contributed by atoms with van der Waals surface area (Å²) < 4.78 is 0. The molecule has 2 heteroatoms. The van der Waals surface area contributed by atoms with E-state index < -0.39 is 0 Å². The molecule has 116 valence electrons. The molecule has 3 rings (SSSR count). The molecular weight excluding hydrogens is 256 g/mol. The molecule has 1 aromatic rings. The molecule has 2 fully saturated rings. The Morgan fingerprint density at radius 2 is 1.90 bits per heavy atom. The molecule has 1 saturated heterocycles. The van der Waals surface area contributed by atoms with Gasteiger partial charge in [-0.15, -0.1) is 0 Å². The van der Waals surface area contributed by atoms with E-state index in [1.165, 1.54) is 62.9 Å². The van der Waals surface area contributed by atoms with E-state index in [0.717, 1.165) is 5.92 Å². The molecule has 0 bridgehead atoms. The molecule has 1 aliphatic carbocycles. The first-order valence-corrected chi connectivity index (χ1v) is 8.80. The number of hydrogen-bond donors (Lipinski definition) is 1. The summed E-state index contributed by atoms with van der Waals surface area (Å²) in [6, 6.07) is 10.5. The molecule has 21 heavy (non-hydrogen) atoms. The second-order valence-electron chi connectivity index (χ2n) is 7.03. The lowest BCUT2D eigenvalue weighted by molar-refractivity contribution is 0.168. The van der Waals surface area contributed by atoms with Gasteiger partial charge in [-0.2, -0.15) is 0 Å². The number of nitrogens with zero attached hydrogens (tertiary/aromatic N) is 1. The molecule has 0 amide bonds. The second kappa shape index (κ2) is 6.93. The van der Waals surface area contributed by atoms with E-state index in [1.54, 1.807) is 0 Å². The molecule has 1 heterocycles. The normalized spacial score (nSPS) is 23.7. The third-order valence-electron chi connectivity index (χ3n) is 5.10. The highest BCUT2D eigenvalue weighted by molar-refractivity contribution is 5.24. The van der Waals surface area contributed by atoms with Crippen LogP contribution in [0.3, 0.4) is 0 Å². The zero-order chi connectivity index (χ0) is 14.7. The summed E-state index contributed by atoms with van der Waals surface area (Å²) in [7, 11) is 0. The van der Waals surface area contributed by atoms with Crippen molar-refractivity contribution in [1.82, 2.24) is 10.2 Å². The zero-order valence-corrected chi connectivity index (χ0v) is 13.6. The van der Waals surface area contributed by atoms with Crippen LogP contribution in [0.15, 0.2) is 24.3 Å². The van der Waals surface area contributed by atoms with E-state index in [0.29, 0.717) is 12.1 Å². The first-order valence-electron chi connectivity index (χ1n) is 8.80. The van der Waals surface area contributed by atoms with Crippen LogP contribution >= 0.6 is 0 Å². The van der Waals surface area contributed by atoms with Gasteiger partial charge in [0, 0.05) is 25.2 Å².